The monoisotopic (exact) mass is 200 g/mol. The van der Waals surface area contributed by atoms with Crippen LogP contribution in [0.1, 0.15) is 0 Å². The Morgan fingerprint density at radius 2 is 1.77 bits per heavy atom. The Kier molecular flexibility index (Phi) is 2.74. The van der Waals surface area contributed by atoms with E-state index in [0.717, 1.165) is 0 Å². The summed E-state index contributed by atoms with van der Waals surface area (Å²) in [5.41, 5.74) is 0.537. The number of azo groups is 1. The fraction of sp³-hybridized carbons (Fsp3) is 0.143. The molecule has 0 aliphatic carbocycles. The maximum absolute atomic E-state index is 10.6. The Bertz CT molecular complexity index is 408. The number of hydrogen-bond acceptors (Lipinski definition) is 4. The normalized spacial score (nSPS) is 12.2. The predicted molar refractivity (Wildman–Crippen MR) is 46.7 cm³/mol. The van der Waals surface area contributed by atoms with Crippen LogP contribution in [0, 0.1) is 0 Å². The standard InChI is InChI=1S/C7H8N2O3S/c1-8-9-6-2-4-7(5-3-6)13(10,11)12/h2-5H,1H3,(H,10,11,12). The molecule has 0 bridgehead atoms. The molecule has 0 heterocycles. The van der Waals surface area contributed by atoms with Gasteiger partial charge in [-0.05, 0) is 24.3 Å². The molecule has 0 radical (unpaired) electrons. The van der Waals surface area contributed by atoms with E-state index < -0.39 is 10.1 Å². The Hall–Kier alpha value is -1.27. The van der Waals surface area contributed by atoms with Crippen molar-refractivity contribution < 1.29 is 13.0 Å². The SMILES string of the molecule is CN=Nc1ccc(S(=O)(=O)O)cc1. The molecule has 0 saturated heterocycles. The first-order valence-electron chi connectivity index (χ1n) is 3.41. The molecule has 1 aromatic rings. The summed E-state index contributed by atoms with van der Waals surface area (Å²) < 4.78 is 29.8. The van der Waals surface area contributed by atoms with Crippen LogP contribution in [-0.2, 0) is 10.1 Å². The van der Waals surface area contributed by atoms with Crippen LogP contribution in [0.5, 0.6) is 0 Å². The van der Waals surface area contributed by atoms with Gasteiger partial charge >= 0.3 is 0 Å². The van der Waals surface area contributed by atoms with E-state index >= 15 is 0 Å². The highest BCUT2D eigenvalue weighted by atomic mass is 32.2. The average Bonchev–Trinajstić information content (AvgIpc) is 2.04. The highest BCUT2D eigenvalue weighted by Gasteiger charge is 2.07. The Balaban J connectivity index is 3.08. The molecule has 0 spiro atoms. The van der Waals surface area contributed by atoms with Crippen molar-refractivity contribution >= 4 is 15.8 Å². The van der Waals surface area contributed by atoms with Gasteiger partial charge in [-0.3, -0.25) is 4.55 Å². The zero-order valence-electron chi connectivity index (χ0n) is 6.88. The van der Waals surface area contributed by atoms with Crippen LogP contribution in [0.3, 0.4) is 0 Å². The van der Waals surface area contributed by atoms with Crippen LogP contribution in [0.15, 0.2) is 39.4 Å². The molecule has 6 heteroatoms. The van der Waals surface area contributed by atoms with E-state index in [2.05, 4.69) is 10.2 Å². The molecule has 0 unspecified atom stereocenters. The van der Waals surface area contributed by atoms with E-state index in [4.69, 9.17) is 4.55 Å². The van der Waals surface area contributed by atoms with Crippen LogP contribution in [0.2, 0.25) is 0 Å². The maximum Gasteiger partial charge on any atom is 0.294 e. The largest absolute Gasteiger partial charge is 0.294 e. The molecule has 0 fully saturated rings. The molecule has 0 atom stereocenters. The second kappa shape index (κ2) is 3.63. The highest BCUT2D eigenvalue weighted by Crippen LogP contribution is 2.15. The smallest absolute Gasteiger partial charge is 0.282 e. The minimum atomic E-state index is -4.11. The highest BCUT2D eigenvalue weighted by molar-refractivity contribution is 7.85. The molecule has 5 nitrogen and oxygen atoms in total. The third-order valence-corrected chi connectivity index (χ3v) is 2.22. The third-order valence-electron chi connectivity index (χ3n) is 1.35. The van der Waals surface area contributed by atoms with Gasteiger partial charge in [0.05, 0.1) is 10.6 Å². The molecule has 0 saturated carbocycles. The van der Waals surface area contributed by atoms with Crippen molar-refractivity contribution in [3.05, 3.63) is 24.3 Å². The molecule has 0 aromatic heterocycles. The fourth-order valence-electron chi connectivity index (χ4n) is 0.800. The van der Waals surface area contributed by atoms with Crippen molar-refractivity contribution in [1.82, 2.24) is 0 Å². The molecule has 0 aliphatic rings. The topological polar surface area (TPSA) is 79.1 Å². The molecule has 1 rings (SSSR count). The summed E-state index contributed by atoms with van der Waals surface area (Å²) in [7, 11) is -2.60. The van der Waals surface area contributed by atoms with E-state index in [-0.39, 0.29) is 4.90 Å². The van der Waals surface area contributed by atoms with Gasteiger partial charge in [0.25, 0.3) is 10.1 Å². The van der Waals surface area contributed by atoms with E-state index in [9.17, 15) is 8.42 Å². The summed E-state index contributed by atoms with van der Waals surface area (Å²) in [6, 6.07) is 5.44. The van der Waals surface area contributed by atoms with Crippen molar-refractivity contribution in [3.8, 4) is 0 Å². The Morgan fingerprint density at radius 1 is 1.23 bits per heavy atom. The summed E-state index contributed by atoms with van der Waals surface area (Å²) in [6.45, 7) is 0. The predicted octanol–water partition coefficient (Wildman–Crippen LogP) is 1.65. The second-order valence-electron chi connectivity index (χ2n) is 2.27. The third kappa shape index (κ3) is 2.60. The maximum atomic E-state index is 10.6. The van der Waals surface area contributed by atoms with Crippen molar-refractivity contribution in [2.45, 2.75) is 4.90 Å². The summed E-state index contributed by atoms with van der Waals surface area (Å²) in [5.74, 6) is 0. The summed E-state index contributed by atoms with van der Waals surface area (Å²) >= 11 is 0. The molecule has 70 valence electrons. The molecule has 0 aliphatic heterocycles. The van der Waals surface area contributed by atoms with Crippen molar-refractivity contribution in [1.29, 1.82) is 0 Å². The first-order chi connectivity index (χ1) is 6.04. The van der Waals surface area contributed by atoms with Gasteiger partial charge in [-0.2, -0.15) is 18.6 Å². The first-order valence-corrected chi connectivity index (χ1v) is 4.85. The summed E-state index contributed by atoms with van der Waals surface area (Å²) in [5, 5.41) is 7.19. The first kappa shape index (κ1) is 9.82. The zero-order chi connectivity index (χ0) is 9.90. The van der Waals surface area contributed by atoms with E-state index in [1.165, 1.54) is 31.3 Å². The van der Waals surface area contributed by atoms with Crippen molar-refractivity contribution in [2.75, 3.05) is 7.05 Å². The minimum Gasteiger partial charge on any atom is -0.282 e. The fourth-order valence-corrected chi connectivity index (χ4v) is 1.28. The van der Waals surface area contributed by atoms with Crippen LogP contribution in [0.25, 0.3) is 0 Å². The lowest BCUT2D eigenvalue weighted by Crippen LogP contribution is -1.96. The molecule has 1 N–H and O–H groups in total. The van der Waals surface area contributed by atoms with Gasteiger partial charge in [0.15, 0.2) is 0 Å². The molecule has 13 heavy (non-hydrogen) atoms. The number of rotatable bonds is 2. The molecule has 0 amide bonds. The Labute approximate surface area is 75.9 Å². The number of hydrogen-bond donors (Lipinski definition) is 1. The molecule has 1 aromatic carbocycles. The van der Waals surface area contributed by atoms with Gasteiger partial charge in [0.2, 0.25) is 0 Å². The summed E-state index contributed by atoms with van der Waals surface area (Å²) in [4.78, 5) is -0.150. The van der Waals surface area contributed by atoms with Gasteiger partial charge in [0.1, 0.15) is 0 Å². The Morgan fingerprint density at radius 3 is 2.15 bits per heavy atom. The minimum absolute atomic E-state index is 0.150. The van der Waals surface area contributed by atoms with Gasteiger partial charge in [-0.1, -0.05) is 0 Å². The number of nitrogens with zero attached hydrogens (tertiary/aromatic N) is 2. The number of benzene rings is 1. The second-order valence-corrected chi connectivity index (χ2v) is 3.69. The average molecular weight is 200 g/mol. The van der Waals surface area contributed by atoms with Crippen LogP contribution in [0.4, 0.5) is 5.69 Å². The van der Waals surface area contributed by atoms with Crippen LogP contribution >= 0.6 is 0 Å². The van der Waals surface area contributed by atoms with Crippen LogP contribution < -0.4 is 0 Å². The van der Waals surface area contributed by atoms with E-state index in [1.807, 2.05) is 0 Å². The van der Waals surface area contributed by atoms with E-state index in [0.29, 0.717) is 5.69 Å². The van der Waals surface area contributed by atoms with Gasteiger partial charge in [-0.15, -0.1) is 0 Å². The molecular formula is C7H8N2O3S. The van der Waals surface area contributed by atoms with Gasteiger partial charge in [-0.25, -0.2) is 0 Å². The zero-order valence-corrected chi connectivity index (χ0v) is 7.69. The summed E-state index contributed by atoms with van der Waals surface area (Å²) in [6.07, 6.45) is 0. The van der Waals surface area contributed by atoms with Crippen molar-refractivity contribution in [3.63, 3.8) is 0 Å². The van der Waals surface area contributed by atoms with Crippen LogP contribution in [-0.4, -0.2) is 20.0 Å². The van der Waals surface area contributed by atoms with Crippen molar-refractivity contribution in [2.24, 2.45) is 10.2 Å². The lowest BCUT2D eigenvalue weighted by molar-refractivity contribution is 0.483. The lowest BCUT2D eigenvalue weighted by Gasteiger charge is -1.95. The van der Waals surface area contributed by atoms with E-state index in [1.54, 1.807) is 0 Å². The molecular weight excluding hydrogens is 192 g/mol. The van der Waals surface area contributed by atoms with Gasteiger partial charge < -0.3 is 0 Å². The quantitative estimate of drug-likeness (QED) is 0.582. The lowest BCUT2D eigenvalue weighted by atomic mass is 10.3. The van der Waals surface area contributed by atoms with Gasteiger partial charge in [0, 0.05) is 7.05 Å².